The van der Waals surface area contributed by atoms with Crippen LogP contribution in [0.15, 0.2) is 0 Å². The molecule has 0 heterocycles. The topological polar surface area (TPSA) is 40.5 Å². The number of hydrogen-bond donors (Lipinski definition) is 1. The van der Waals surface area contributed by atoms with Gasteiger partial charge in [-0.3, -0.25) is 9.69 Å². The van der Waals surface area contributed by atoms with Crippen molar-refractivity contribution < 1.29 is 9.90 Å². The Morgan fingerprint density at radius 1 is 1.57 bits per heavy atom. The van der Waals surface area contributed by atoms with Crippen LogP contribution in [-0.4, -0.2) is 35.1 Å². The first-order valence-corrected chi connectivity index (χ1v) is 5.51. The molecular formula is C11H21NO2. The normalized spacial score (nSPS) is 20.9. The van der Waals surface area contributed by atoms with E-state index in [1.807, 2.05) is 18.9 Å². The number of carboxylic acid groups (broad SMARTS) is 1. The molecule has 0 amide bonds. The molecule has 0 spiro atoms. The Bertz CT molecular complexity index is 201. The van der Waals surface area contributed by atoms with Gasteiger partial charge in [0, 0.05) is 6.04 Å². The van der Waals surface area contributed by atoms with Crippen molar-refractivity contribution >= 4 is 5.97 Å². The maximum absolute atomic E-state index is 10.9. The average molecular weight is 199 g/mol. The minimum Gasteiger partial charge on any atom is -0.480 e. The zero-order valence-corrected chi connectivity index (χ0v) is 9.36. The highest BCUT2D eigenvalue weighted by Crippen LogP contribution is 2.34. The molecule has 3 nitrogen and oxygen atoms in total. The van der Waals surface area contributed by atoms with Crippen molar-refractivity contribution in [3.05, 3.63) is 0 Å². The first kappa shape index (κ1) is 11.5. The van der Waals surface area contributed by atoms with Gasteiger partial charge in [-0.25, -0.2) is 0 Å². The molecule has 2 atom stereocenters. The molecule has 1 aliphatic carbocycles. The number of rotatable bonds is 6. The first-order valence-electron chi connectivity index (χ1n) is 5.51. The molecule has 0 aromatic rings. The van der Waals surface area contributed by atoms with Crippen LogP contribution >= 0.6 is 0 Å². The molecule has 1 N–H and O–H groups in total. The summed E-state index contributed by atoms with van der Waals surface area (Å²) in [5.41, 5.74) is 0. The van der Waals surface area contributed by atoms with Crippen LogP contribution in [0.25, 0.3) is 0 Å². The van der Waals surface area contributed by atoms with Crippen molar-refractivity contribution in [1.82, 2.24) is 4.90 Å². The molecule has 0 aromatic heterocycles. The van der Waals surface area contributed by atoms with Crippen LogP contribution in [0.2, 0.25) is 0 Å². The number of likely N-dealkylation sites (N-methyl/N-ethyl adjacent to an activating group) is 1. The number of carboxylic acids is 1. The number of nitrogens with zero attached hydrogens (tertiary/aromatic N) is 1. The molecule has 1 saturated carbocycles. The van der Waals surface area contributed by atoms with Crippen LogP contribution in [0, 0.1) is 5.92 Å². The highest BCUT2D eigenvalue weighted by Gasteiger charge is 2.29. The molecular weight excluding hydrogens is 178 g/mol. The SMILES string of the molecule is CCC(C(=O)O)N(C)C(C)CC1CC1. The van der Waals surface area contributed by atoms with Gasteiger partial charge in [-0.15, -0.1) is 0 Å². The van der Waals surface area contributed by atoms with Crippen molar-refractivity contribution in [3.63, 3.8) is 0 Å². The summed E-state index contributed by atoms with van der Waals surface area (Å²) in [6, 6.07) is 0.0762. The summed E-state index contributed by atoms with van der Waals surface area (Å²) in [5, 5.41) is 9.00. The van der Waals surface area contributed by atoms with E-state index < -0.39 is 5.97 Å². The van der Waals surface area contributed by atoms with Crippen LogP contribution in [-0.2, 0) is 4.79 Å². The summed E-state index contributed by atoms with van der Waals surface area (Å²) in [6.45, 7) is 4.06. The predicted octanol–water partition coefficient (Wildman–Crippen LogP) is 1.97. The first-order chi connectivity index (χ1) is 6.56. The number of carbonyl (C=O) groups is 1. The Morgan fingerprint density at radius 2 is 2.14 bits per heavy atom. The summed E-state index contributed by atoms with van der Waals surface area (Å²) in [4.78, 5) is 12.9. The third kappa shape index (κ3) is 2.98. The smallest absolute Gasteiger partial charge is 0.320 e. The van der Waals surface area contributed by atoms with Gasteiger partial charge in [-0.05, 0) is 32.7 Å². The van der Waals surface area contributed by atoms with Crippen molar-refractivity contribution in [2.75, 3.05) is 7.05 Å². The maximum Gasteiger partial charge on any atom is 0.320 e. The zero-order valence-electron chi connectivity index (χ0n) is 9.36. The second kappa shape index (κ2) is 4.78. The standard InChI is InChI=1S/C11H21NO2/c1-4-10(11(13)14)12(3)8(2)7-9-5-6-9/h8-10H,4-7H2,1-3H3,(H,13,14). The van der Waals surface area contributed by atoms with E-state index in [9.17, 15) is 4.79 Å². The summed E-state index contributed by atoms with van der Waals surface area (Å²) < 4.78 is 0. The molecule has 2 unspecified atom stereocenters. The molecule has 3 heteroatoms. The molecule has 0 saturated heterocycles. The lowest BCUT2D eigenvalue weighted by molar-refractivity contribution is -0.143. The minimum atomic E-state index is -0.697. The van der Waals surface area contributed by atoms with Gasteiger partial charge in [-0.2, -0.15) is 0 Å². The van der Waals surface area contributed by atoms with Crippen molar-refractivity contribution in [1.29, 1.82) is 0 Å². The summed E-state index contributed by atoms with van der Waals surface area (Å²) in [5.74, 6) is 0.163. The fourth-order valence-corrected chi connectivity index (χ4v) is 1.95. The van der Waals surface area contributed by atoms with Gasteiger partial charge in [0.2, 0.25) is 0 Å². The van der Waals surface area contributed by atoms with E-state index in [-0.39, 0.29) is 6.04 Å². The summed E-state index contributed by atoms with van der Waals surface area (Å²) in [7, 11) is 1.93. The van der Waals surface area contributed by atoms with Crippen molar-refractivity contribution in [3.8, 4) is 0 Å². The van der Waals surface area contributed by atoms with Gasteiger partial charge in [0.1, 0.15) is 6.04 Å². The quantitative estimate of drug-likeness (QED) is 0.711. The van der Waals surface area contributed by atoms with E-state index in [4.69, 9.17) is 5.11 Å². The maximum atomic E-state index is 10.9. The lowest BCUT2D eigenvalue weighted by Gasteiger charge is -2.29. The second-order valence-electron chi connectivity index (χ2n) is 4.46. The largest absolute Gasteiger partial charge is 0.480 e. The molecule has 0 aliphatic heterocycles. The van der Waals surface area contributed by atoms with Crippen LogP contribution in [0.1, 0.15) is 39.5 Å². The lowest BCUT2D eigenvalue weighted by atomic mass is 10.1. The van der Waals surface area contributed by atoms with E-state index in [0.29, 0.717) is 12.5 Å². The van der Waals surface area contributed by atoms with E-state index in [0.717, 1.165) is 12.3 Å². The Kier molecular flexibility index (Phi) is 3.93. The van der Waals surface area contributed by atoms with E-state index in [1.165, 1.54) is 12.8 Å². The Balaban J connectivity index is 2.42. The molecule has 1 aliphatic rings. The minimum absolute atomic E-state index is 0.316. The van der Waals surface area contributed by atoms with Gasteiger partial charge < -0.3 is 5.11 Å². The summed E-state index contributed by atoms with van der Waals surface area (Å²) in [6.07, 6.45) is 4.51. The molecule has 1 fully saturated rings. The average Bonchev–Trinajstić information content (AvgIpc) is 2.88. The van der Waals surface area contributed by atoms with Crippen LogP contribution in [0.4, 0.5) is 0 Å². The molecule has 1 rings (SSSR count). The van der Waals surface area contributed by atoms with Crippen LogP contribution in [0.3, 0.4) is 0 Å². The molecule has 0 radical (unpaired) electrons. The lowest BCUT2D eigenvalue weighted by Crippen LogP contribution is -2.43. The Labute approximate surface area is 86.1 Å². The van der Waals surface area contributed by atoms with Gasteiger partial charge >= 0.3 is 5.97 Å². The fourth-order valence-electron chi connectivity index (χ4n) is 1.95. The highest BCUT2D eigenvalue weighted by atomic mass is 16.4. The number of aliphatic carboxylic acids is 1. The number of hydrogen-bond acceptors (Lipinski definition) is 2. The van der Waals surface area contributed by atoms with Crippen LogP contribution < -0.4 is 0 Å². The monoisotopic (exact) mass is 199 g/mol. The fraction of sp³-hybridized carbons (Fsp3) is 0.909. The van der Waals surface area contributed by atoms with E-state index >= 15 is 0 Å². The van der Waals surface area contributed by atoms with Crippen molar-refractivity contribution in [2.24, 2.45) is 5.92 Å². The third-order valence-electron chi connectivity index (χ3n) is 3.23. The van der Waals surface area contributed by atoms with E-state index in [2.05, 4.69) is 6.92 Å². The molecule has 14 heavy (non-hydrogen) atoms. The molecule has 0 aromatic carbocycles. The molecule has 82 valence electrons. The van der Waals surface area contributed by atoms with Crippen molar-refractivity contribution in [2.45, 2.75) is 51.6 Å². The van der Waals surface area contributed by atoms with Gasteiger partial charge in [-0.1, -0.05) is 19.8 Å². The Hall–Kier alpha value is -0.570. The third-order valence-corrected chi connectivity index (χ3v) is 3.23. The summed E-state index contributed by atoms with van der Waals surface area (Å²) >= 11 is 0. The highest BCUT2D eigenvalue weighted by molar-refractivity contribution is 5.73. The predicted molar refractivity (Wildman–Crippen MR) is 56.3 cm³/mol. The zero-order chi connectivity index (χ0) is 10.7. The van der Waals surface area contributed by atoms with Gasteiger partial charge in [0.15, 0.2) is 0 Å². The Morgan fingerprint density at radius 3 is 2.50 bits per heavy atom. The second-order valence-corrected chi connectivity index (χ2v) is 4.46. The molecule has 0 bridgehead atoms. The van der Waals surface area contributed by atoms with Gasteiger partial charge in [0.05, 0.1) is 0 Å². The van der Waals surface area contributed by atoms with Gasteiger partial charge in [0.25, 0.3) is 0 Å². The van der Waals surface area contributed by atoms with E-state index in [1.54, 1.807) is 0 Å². The van der Waals surface area contributed by atoms with Crippen LogP contribution in [0.5, 0.6) is 0 Å².